The second-order valence-electron chi connectivity index (χ2n) is 3.26. The minimum atomic E-state index is -0.963. The summed E-state index contributed by atoms with van der Waals surface area (Å²) in [6.45, 7) is 0.359. The van der Waals surface area contributed by atoms with E-state index in [1.54, 1.807) is 0 Å². The maximum absolute atomic E-state index is 9.69. The zero-order valence-electron chi connectivity index (χ0n) is 7.61. The fourth-order valence-electron chi connectivity index (χ4n) is 1.85. The van der Waals surface area contributed by atoms with Crippen LogP contribution in [-0.4, -0.2) is 49.5 Å². The smallest absolute Gasteiger partial charge is 0.184 e. The Balaban J connectivity index is 2.23. The molecule has 78 valence electrons. The summed E-state index contributed by atoms with van der Waals surface area (Å²) in [6, 6.07) is -0.642. The molecule has 2 saturated heterocycles. The summed E-state index contributed by atoms with van der Waals surface area (Å²) in [5.74, 6) is 0. The lowest BCUT2D eigenvalue weighted by Crippen LogP contribution is -2.53. The SMILES string of the molecule is CO[C@H]1C2CO[C@H](O2)C(O)C1N=[N+]=[N-]. The fourth-order valence-corrected chi connectivity index (χ4v) is 1.85. The number of fused-ring (bicyclic) bond motifs is 2. The molecule has 7 nitrogen and oxygen atoms in total. The summed E-state index contributed by atoms with van der Waals surface area (Å²) < 4.78 is 15.6. The van der Waals surface area contributed by atoms with Crippen LogP contribution in [0.25, 0.3) is 10.4 Å². The third kappa shape index (κ3) is 1.35. The molecule has 14 heavy (non-hydrogen) atoms. The topological polar surface area (TPSA) is 96.7 Å². The zero-order valence-corrected chi connectivity index (χ0v) is 7.61. The van der Waals surface area contributed by atoms with E-state index in [1.807, 2.05) is 0 Å². The van der Waals surface area contributed by atoms with Gasteiger partial charge in [-0.05, 0) is 5.53 Å². The van der Waals surface area contributed by atoms with Crippen LogP contribution in [-0.2, 0) is 14.2 Å². The maximum atomic E-state index is 9.69. The number of hydrogen-bond acceptors (Lipinski definition) is 5. The highest BCUT2D eigenvalue weighted by molar-refractivity contribution is 4.98. The number of aliphatic hydroxyl groups excluding tert-OH is 1. The predicted molar refractivity (Wildman–Crippen MR) is 44.4 cm³/mol. The van der Waals surface area contributed by atoms with Crippen LogP contribution < -0.4 is 0 Å². The van der Waals surface area contributed by atoms with Crippen molar-refractivity contribution in [1.82, 2.24) is 0 Å². The number of rotatable bonds is 2. The summed E-state index contributed by atoms with van der Waals surface area (Å²) in [4.78, 5) is 2.68. The number of nitrogens with zero attached hydrogens (tertiary/aromatic N) is 3. The lowest BCUT2D eigenvalue weighted by atomic mass is 9.99. The third-order valence-electron chi connectivity index (χ3n) is 2.52. The number of azide groups is 1. The Morgan fingerprint density at radius 1 is 1.64 bits per heavy atom. The molecule has 7 heteroatoms. The maximum Gasteiger partial charge on any atom is 0.184 e. The monoisotopic (exact) mass is 201 g/mol. The van der Waals surface area contributed by atoms with E-state index in [2.05, 4.69) is 10.0 Å². The summed E-state index contributed by atoms with van der Waals surface area (Å²) in [5, 5.41) is 13.2. The van der Waals surface area contributed by atoms with E-state index in [0.717, 1.165) is 0 Å². The molecule has 5 atom stereocenters. The van der Waals surface area contributed by atoms with Crippen molar-refractivity contribution in [3.8, 4) is 0 Å². The van der Waals surface area contributed by atoms with Crippen molar-refractivity contribution in [3.05, 3.63) is 10.4 Å². The van der Waals surface area contributed by atoms with E-state index < -0.39 is 24.5 Å². The third-order valence-corrected chi connectivity index (χ3v) is 2.52. The van der Waals surface area contributed by atoms with Crippen molar-refractivity contribution < 1.29 is 19.3 Å². The highest BCUT2D eigenvalue weighted by Crippen LogP contribution is 2.31. The quantitative estimate of drug-likeness (QED) is 0.380. The molecule has 0 saturated carbocycles. The molecule has 0 amide bonds. The molecule has 0 aromatic rings. The van der Waals surface area contributed by atoms with Crippen molar-refractivity contribution in [2.24, 2.45) is 5.11 Å². The van der Waals surface area contributed by atoms with Crippen LogP contribution in [0.1, 0.15) is 0 Å². The minimum Gasteiger partial charge on any atom is -0.387 e. The number of methoxy groups -OCH3 is 1. The fraction of sp³-hybridized carbons (Fsp3) is 1.00. The minimum absolute atomic E-state index is 0.260. The number of ether oxygens (including phenoxy) is 3. The average Bonchev–Trinajstić information content (AvgIpc) is 2.61. The Kier molecular flexibility index (Phi) is 2.58. The molecule has 2 heterocycles. The van der Waals surface area contributed by atoms with Gasteiger partial charge in [0.05, 0.1) is 18.8 Å². The van der Waals surface area contributed by atoms with Gasteiger partial charge in [0, 0.05) is 12.0 Å². The zero-order chi connectivity index (χ0) is 10.1. The molecule has 3 unspecified atom stereocenters. The van der Waals surface area contributed by atoms with E-state index in [0.29, 0.717) is 6.61 Å². The first-order valence-electron chi connectivity index (χ1n) is 4.30. The van der Waals surface area contributed by atoms with Crippen LogP contribution in [0.3, 0.4) is 0 Å². The van der Waals surface area contributed by atoms with E-state index in [4.69, 9.17) is 19.7 Å². The van der Waals surface area contributed by atoms with Crippen LogP contribution in [0.4, 0.5) is 0 Å². The molecule has 2 aliphatic heterocycles. The average molecular weight is 201 g/mol. The van der Waals surface area contributed by atoms with Crippen molar-refractivity contribution in [2.75, 3.05) is 13.7 Å². The van der Waals surface area contributed by atoms with Gasteiger partial charge in [-0.2, -0.15) is 0 Å². The van der Waals surface area contributed by atoms with Gasteiger partial charge in [-0.15, -0.1) is 0 Å². The van der Waals surface area contributed by atoms with Crippen molar-refractivity contribution in [1.29, 1.82) is 0 Å². The van der Waals surface area contributed by atoms with Crippen LogP contribution in [0.5, 0.6) is 0 Å². The van der Waals surface area contributed by atoms with Crippen molar-refractivity contribution in [3.63, 3.8) is 0 Å². The van der Waals surface area contributed by atoms with Gasteiger partial charge in [-0.25, -0.2) is 0 Å². The first-order chi connectivity index (χ1) is 6.77. The van der Waals surface area contributed by atoms with E-state index >= 15 is 0 Å². The molecule has 2 aliphatic rings. The Bertz CT molecular complexity index is 268. The standard InChI is InChI=1S/C7H11N3O4/c1-12-6-3-2-13-7(14-3)5(11)4(6)9-10-8/h3-7,11H,2H2,1H3/t3?,4?,5?,6-,7+/m0/s1. The molecule has 2 rings (SSSR count). The molecular formula is C7H11N3O4. The highest BCUT2D eigenvalue weighted by atomic mass is 16.7. The molecule has 2 bridgehead atoms. The molecule has 1 N–H and O–H groups in total. The largest absolute Gasteiger partial charge is 0.387 e. The highest BCUT2D eigenvalue weighted by Gasteiger charge is 2.50. The second-order valence-corrected chi connectivity index (χ2v) is 3.26. The van der Waals surface area contributed by atoms with Gasteiger partial charge in [-0.1, -0.05) is 5.11 Å². The van der Waals surface area contributed by atoms with E-state index in [1.165, 1.54) is 7.11 Å². The van der Waals surface area contributed by atoms with Crippen LogP contribution in [0.15, 0.2) is 5.11 Å². The molecule has 0 aromatic heterocycles. The van der Waals surface area contributed by atoms with Gasteiger partial charge in [-0.3, -0.25) is 0 Å². The predicted octanol–water partition coefficient (Wildman–Crippen LogP) is -0.204. The van der Waals surface area contributed by atoms with Gasteiger partial charge in [0.1, 0.15) is 12.2 Å². The summed E-state index contributed by atoms with van der Waals surface area (Å²) >= 11 is 0. The first-order valence-corrected chi connectivity index (χ1v) is 4.30. The van der Waals surface area contributed by atoms with Crippen molar-refractivity contribution >= 4 is 0 Å². The van der Waals surface area contributed by atoms with Crippen LogP contribution in [0, 0.1) is 0 Å². The number of aliphatic hydroxyl groups is 1. The van der Waals surface area contributed by atoms with Gasteiger partial charge >= 0.3 is 0 Å². The normalized spacial score (nSPS) is 46.0. The van der Waals surface area contributed by atoms with Crippen LogP contribution >= 0.6 is 0 Å². The summed E-state index contributed by atoms with van der Waals surface area (Å²) in [5.41, 5.74) is 8.35. The molecular weight excluding hydrogens is 190 g/mol. The molecule has 0 radical (unpaired) electrons. The Morgan fingerprint density at radius 2 is 2.43 bits per heavy atom. The summed E-state index contributed by atoms with van der Waals surface area (Å²) in [6.07, 6.45) is -2.36. The van der Waals surface area contributed by atoms with Gasteiger partial charge < -0.3 is 19.3 Å². The van der Waals surface area contributed by atoms with E-state index in [-0.39, 0.29) is 6.10 Å². The number of hydrogen-bond donors (Lipinski definition) is 1. The molecule has 0 spiro atoms. The molecule has 0 aromatic carbocycles. The Morgan fingerprint density at radius 3 is 3.07 bits per heavy atom. The van der Waals surface area contributed by atoms with Crippen LogP contribution in [0.2, 0.25) is 0 Å². The lowest BCUT2D eigenvalue weighted by Gasteiger charge is -2.35. The molecule has 0 aliphatic carbocycles. The molecule has 2 fully saturated rings. The Labute approximate surface area is 80.2 Å². The van der Waals surface area contributed by atoms with Crippen molar-refractivity contribution in [2.45, 2.75) is 30.6 Å². The van der Waals surface area contributed by atoms with Gasteiger partial charge in [0.15, 0.2) is 6.29 Å². The first kappa shape index (κ1) is 9.70. The van der Waals surface area contributed by atoms with Gasteiger partial charge in [0.2, 0.25) is 0 Å². The summed E-state index contributed by atoms with van der Waals surface area (Å²) in [7, 11) is 1.49. The van der Waals surface area contributed by atoms with Gasteiger partial charge in [0.25, 0.3) is 0 Å². The lowest BCUT2D eigenvalue weighted by molar-refractivity contribution is -0.194. The Hall–Kier alpha value is -0.850. The second kappa shape index (κ2) is 3.72. The van der Waals surface area contributed by atoms with E-state index in [9.17, 15) is 5.11 Å².